The summed E-state index contributed by atoms with van der Waals surface area (Å²) in [5, 5.41) is 4.84. The fourth-order valence-corrected chi connectivity index (χ4v) is 3.07. The van der Waals surface area contributed by atoms with Gasteiger partial charge in [-0.2, -0.15) is 5.10 Å². The second-order valence-electron chi connectivity index (χ2n) is 3.96. The van der Waals surface area contributed by atoms with Crippen LogP contribution in [0.25, 0.3) is 0 Å². The molecule has 2 rings (SSSR count). The van der Waals surface area contributed by atoms with Crippen molar-refractivity contribution >= 4 is 43.5 Å². The highest BCUT2D eigenvalue weighted by molar-refractivity contribution is 9.11. The molecule has 1 aromatic carbocycles. The molecule has 19 heavy (non-hydrogen) atoms. The second kappa shape index (κ2) is 6.37. The Kier molecular flexibility index (Phi) is 5.03. The number of hydrogen-bond donors (Lipinski definition) is 2. The standard InChI is InChI=1S/C12H13Br2ClN4/c1-2-19-12(10(15)6-17-19)11(18-16)8-5-7(13)3-4-9(8)14/h3-6,11,18H,2,16H2,1H3. The molecule has 0 aliphatic heterocycles. The molecule has 0 fully saturated rings. The average Bonchev–Trinajstić information content (AvgIpc) is 2.76. The first-order valence-electron chi connectivity index (χ1n) is 5.70. The number of rotatable bonds is 4. The molecular formula is C12H13Br2ClN4. The van der Waals surface area contributed by atoms with Gasteiger partial charge in [-0.1, -0.05) is 43.5 Å². The Morgan fingerprint density at radius 1 is 1.47 bits per heavy atom. The molecule has 3 N–H and O–H groups in total. The minimum Gasteiger partial charge on any atom is -0.271 e. The van der Waals surface area contributed by atoms with E-state index in [1.165, 1.54) is 0 Å². The van der Waals surface area contributed by atoms with Gasteiger partial charge in [0.1, 0.15) is 0 Å². The lowest BCUT2D eigenvalue weighted by Gasteiger charge is -2.20. The first kappa shape index (κ1) is 15.0. The molecule has 0 aliphatic rings. The number of nitrogens with one attached hydrogen (secondary N) is 1. The van der Waals surface area contributed by atoms with Gasteiger partial charge in [-0.25, -0.2) is 5.43 Å². The smallest absolute Gasteiger partial charge is 0.0904 e. The molecule has 0 amide bonds. The fraction of sp³-hybridized carbons (Fsp3) is 0.250. The van der Waals surface area contributed by atoms with E-state index in [4.69, 9.17) is 17.4 Å². The van der Waals surface area contributed by atoms with Gasteiger partial charge in [0.25, 0.3) is 0 Å². The van der Waals surface area contributed by atoms with Gasteiger partial charge in [-0.15, -0.1) is 0 Å². The van der Waals surface area contributed by atoms with Gasteiger partial charge in [-0.3, -0.25) is 10.5 Å². The van der Waals surface area contributed by atoms with Crippen molar-refractivity contribution in [2.75, 3.05) is 0 Å². The first-order valence-corrected chi connectivity index (χ1v) is 7.67. The zero-order valence-corrected chi connectivity index (χ0v) is 14.1. The zero-order valence-electron chi connectivity index (χ0n) is 10.2. The Morgan fingerprint density at radius 2 is 2.21 bits per heavy atom. The van der Waals surface area contributed by atoms with Crippen molar-refractivity contribution in [2.24, 2.45) is 5.84 Å². The molecule has 2 aromatic rings. The van der Waals surface area contributed by atoms with Gasteiger partial charge >= 0.3 is 0 Å². The van der Waals surface area contributed by atoms with Crippen molar-refractivity contribution < 1.29 is 0 Å². The van der Waals surface area contributed by atoms with Crippen molar-refractivity contribution in [3.63, 3.8) is 0 Å². The van der Waals surface area contributed by atoms with Crippen molar-refractivity contribution in [3.05, 3.63) is 49.6 Å². The lowest BCUT2D eigenvalue weighted by Crippen LogP contribution is -2.31. The number of benzene rings is 1. The van der Waals surface area contributed by atoms with Crippen LogP contribution in [-0.4, -0.2) is 9.78 Å². The number of aryl methyl sites for hydroxylation is 1. The largest absolute Gasteiger partial charge is 0.271 e. The van der Waals surface area contributed by atoms with Crippen LogP contribution in [0.2, 0.25) is 5.02 Å². The van der Waals surface area contributed by atoms with E-state index < -0.39 is 0 Å². The van der Waals surface area contributed by atoms with Crippen molar-refractivity contribution in [1.82, 2.24) is 15.2 Å². The normalized spacial score (nSPS) is 12.7. The maximum absolute atomic E-state index is 6.23. The lowest BCUT2D eigenvalue weighted by molar-refractivity contribution is 0.542. The van der Waals surface area contributed by atoms with Crippen molar-refractivity contribution in [1.29, 1.82) is 0 Å². The molecular weight excluding hydrogens is 395 g/mol. The summed E-state index contributed by atoms with van der Waals surface area (Å²) in [6.45, 7) is 2.74. The molecule has 0 bridgehead atoms. The number of hydrogen-bond acceptors (Lipinski definition) is 3. The predicted octanol–water partition coefficient (Wildman–Crippen LogP) is 3.63. The summed E-state index contributed by atoms with van der Waals surface area (Å²) in [6, 6.07) is 5.68. The number of hydrazine groups is 1. The molecule has 4 nitrogen and oxygen atoms in total. The minimum atomic E-state index is -0.234. The summed E-state index contributed by atoms with van der Waals surface area (Å²) in [5.74, 6) is 5.72. The van der Waals surface area contributed by atoms with E-state index in [0.717, 1.165) is 26.7 Å². The summed E-state index contributed by atoms with van der Waals surface area (Å²) in [5.41, 5.74) is 4.65. The Balaban J connectivity index is 2.56. The third kappa shape index (κ3) is 3.03. The molecule has 1 atom stereocenters. The first-order chi connectivity index (χ1) is 9.08. The van der Waals surface area contributed by atoms with Crippen LogP contribution in [0.3, 0.4) is 0 Å². The average molecular weight is 409 g/mol. The highest BCUT2D eigenvalue weighted by Gasteiger charge is 2.22. The van der Waals surface area contributed by atoms with Crippen LogP contribution in [0, 0.1) is 0 Å². The molecule has 0 saturated carbocycles. The summed E-state index contributed by atoms with van der Waals surface area (Å²) in [4.78, 5) is 0. The highest BCUT2D eigenvalue weighted by atomic mass is 79.9. The third-order valence-electron chi connectivity index (χ3n) is 2.84. The maximum atomic E-state index is 6.23. The van der Waals surface area contributed by atoms with E-state index in [-0.39, 0.29) is 6.04 Å². The quantitative estimate of drug-likeness (QED) is 0.600. The fourth-order valence-electron chi connectivity index (χ4n) is 1.96. The summed E-state index contributed by atoms with van der Waals surface area (Å²) in [7, 11) is 0. The van der Waals surface area contributed by atoms with Crippen molar-refractivity contribution in [3.8, 4) is 0 Å². The number of nitrogens with two attached hydrogens (primary N) is 1. The molecule has 0 spiro atoms. The van der Waals surface area contributed by atoms with E-state index in [9.17, 15) is 0 Å². The van der Waals surface area contributed by atoms with Crippen molar-refractivity contribution in [2.45, 2.75) is 19.5 Å². The monoisotopic (exact) mass is 406 g/mol. The summed E-state index contributed by atoms with van der Waals surface area (Å²) in [6.07, 6.45) is 1.64. The lowest BCUT2D eigenvalue weighted by atomic mass is 10.0. The second-order valence-corrected chi connectivity index (χ2v) is 6.14. The van der Waals surface area contributed by atoms with E-state index >= 15 is 0 Å². The van der Waals surface area contributed by atoms with E-state index in [1.54, 1.807) is 6.20 Å². The van der Waals surface area contributed by atoms with E-state index in [2.05, 4.69) is 42.4 Å². The van der Waals surface area contributed by atoms with Crippen LogP contribution in [-0.2, 0) is 6.54 Å². The molecule has 7 heteroatoms. The van der Waals surface area contributed by atoms with E-state index in [0.29, 0.717) is 5.02 Å². The molecule has 0 saturated heterocycles. The van der Waals surface area contributed by atoms with Gasteiger partial charge in [0.2, 0.25) is 0 Å². The Bertz CT molecular complexity index is 585. The molecule has 0 aliphatic carbocycles. The van der Waals surface area contributed by atoms with Gasteiger partial charge in [-0.05, 0) is 30.7 Å². The van der Waals surface area contributed by atoms with Crippen LogP contribution in [0.1, 0.15) is 24.2 Å². The molecule has 1 heterocycles. The van der Waals surface area contributed by atoms with Gasteiger partial charge < -0.3 is 0 Å². The Hall–Kier alpha value is -0.400. The van der Waals surface area contributed by atoms with Crippen LogP contribution in [0.5, 0.6) is 0 Å². The Morgan fingerprint density at radius 3 is 2.84 bits per heavy atom. The SMILES string of the molecule is CCn1ncc(Cl)c1C(NN)c1cc(Br)ccc1Br. The van der Waals surface area contributed by atoms with Gasteiger partial charge in [0.05, 0.1) is 23.0 Å². The number of nitrogens with zero attached hydrogens (tertiary/aromatic N) is 2. The number of aromatic nitrogens is 2. The highest BCUT2D eigenvalue weighted by Crippen LogP contribution is 2.33. The van der Waals surface area contributed by atoms with Crippen LogP contribution >= 0.6 is 43.5 Å². The van der Waals surface area contributed by atoms with E-state index in [1.807, 2.05) is 29.8 Å². The predicted molar refractivity (Wildman–Crippen MR) is 83.9 cm³/mol. The van der Waals surface area contributed by atoms with Crippen LogP contribution < -0.4 is 11.3 Å². The van der Waals surface area contributed by atoms with Crippen LogP contribution in [0.4, 0.5) is 0 Å². The van der Waals surface area contributed by atoms with Gasteiger partial charge in [0.15, 0.2) is 0 Å². The third-order valence-corrected chi connectivity index (χ3v) is 4.35. The Labute approximate surface area is 133 Å². The minimum absolute atomic E-state index is 0.234. The topological polar surface area (TPSA) is 55.9 Å². The molecule has 0 radical (unpaired) electrons. The number of halogens is 3. The van der Waals surface area contributed by atoms with Gasteiger partial charge in [0, 0.05) is 15.5 Å². The molecule has 102 valence electrons. The summed E-state index contributed by atoms with van der Waals surface area (Å²) >= 11 is 13.2. The molecule has 1 unspecified atom stereocenters. The summed E-state index contributed by atoms with van der Waals surface area (Å²) < 4.78 is 3.77. The van der Waals surface area contributed by atoms with Crippen LogP contribution in [0.15, 0.2) is 33.3 Å². The zero-order chi connectivity index (χ0) is 14.0. The molecule has 1 aromatic heterocycles. The maximum Gasteiger partial charge on any atom is 0.0904 e.